The normalized spacial score (nSPS) is 11.4. The van der Waals surface area contributed by atoms with E-state index < -0.39 is 35.1 Å². The first-order valence-corrected chi connectivity index (χ1v) is 12.2. The summed E-state index contributed by atoms with van der Waals surface area (Å²) < 4.78 is 11.2. The molecule has 1 aromatic carbocycles. The predicted molar refractivity (Wildman–Crippen MR) is 138 cm³/mol. The van der Waals surface area contributed by atoms with Crippen LogP contribution in [0.1, 0.15) is 41.5 Å². The number of amides is 2. The van der Waals surface area contributed by atoms with Crippen LogP contribution >= 0.6 is 79.4 Å². The van der Waals surface area contributed by atoms with E-state index in [1.54, 1.807) is 0 Å². The summed E-state index contributed by atoms with van der Waals surface area (Å²) in [6.45, 7) is 3.21. The van der Waals surface area contributed by atoms with Gasteiger partial charge in [0.1, 0.15) is 6.61 Å². The molecule has 0 saturated heterocycles. The van der Waals surface area contributed by atoms with Crippen LogP contribution in [0.5, 0.6) is 0 Å². The van der Waals surface area contributed by atoms with Gasteiger partial charge in [-0.25, -0.2) is 0 Å². The van der Waals surface area contributed by atoms with Gasteiger partial charge in [0, 0.05) is 31.4 Å². The lowest BCUT2D eigenvalue weighted by molar-refractivity contribution is -0.155. The van der Waals surface area contributed by atoms with Gasteiger partial charge in [-0.05, 0) is 79.4 Å². The first-order chi connectivity index (χ1) is 14.3. The molecule has 0 saturated carbocycles. The molecule has 0 bridgehead atoms. The Bertz CT molecular complexity index is 939. The van der Waals surface area contributed by atoms with Gasteiger partial charge in [-0.3, -0.25) is 24.0 Å². The molecule has 0 spiro atoms. The van der Waals surface area contributed by atoms with Gasteiger partial charge in [0.25, 0.3) is 11.1 Å². The van der Waals surface area contributed by atoms with Crippen LogP contribution < -0.4 is 10.2 Å². The maximum Gasteiger partial charge on any atom is 0.303 e. The molecule has 1 N–H and O–H groups in total. The summed E-state index contributed by atoms with van der Waals surface area (Å²) in [6, 6.07) is 0. The van der Waals surface area contributed by atoms with Gasteiger partial charge in [-0.1, -0.05) is 0 Å². The minimum atomic E-state index is -0.977. The van der Waals surface area contributed by atoms with E-state index in [9.17, 15) is 24.0 Å². The van der Waals surface area contributed by atoms with Crippen LogP contribution in [0.2, 0.25) is 0 Å². The number of esters is 2. The standard InChI is InChI=1S/C18H18ClI3N2O7/c1-7(25)24(5-10(31-9(3)27)6-30-8(2)26)16-14(21)11(17(19)28)13(20)12(15(16)22)18(29)23-4/h10H,5-6H2,1-4H3,(H,23,29). The van der Waals surface area contributed by atoms with E-state index in [0.29, 0.717) is 10.7 Å². The number of ether oxygens (including phenoxy) is 2. The van der Waals surface area contributed by atoms with E-state index in [4.69, 9.17) is 21.1 Å². The van der Waals surface area contributed by atoms with E-state index in [-0.39, 0.29) is 30.0 Å². The second-order valence-corrected chi connectivity index (χ2v) is 9.64. The average Bonchev–Trinajstić information content (AvgIpc) is 2.63. The first-order valence-electron chi connectivity index (χ1n) is 8.54. The number of anilines is 1. The van der Waals surface area contributed by atoms with E-state index in [1.165, 1.54) is 32.7 Å². The van der Waals surface area contributed by atoms with Crippen LogP contribution in [0.4, 0.5) is 5.69 Å². The van der Waals surface area contributed by atoms with Gasteiger partial charge in [0.2, 0.25) is 5.91 Å². The van der Waals surface area contributed by atoms with Crippen LogP contribution in [0.25, 0.3) is 0 Å². The van der Waals surface area contributed by atoms with Gasteiger partial charge < -0.3 is 19.7 Å². The summed E-state index contributed by atoms with van der Waals surface area (Å²) in [7, 11) is 1.44. The molecule has 1 rings (SSSR count). The molecule has 0 aromatic heterocycles. The van der Waals surface area contributed by atoms with Crippen molar-refractivity contribution >= 4 is 114 Å². The zero-order valence-corrected chi connectivity index (χ0v) is 24.0. The molecule has 9 nitrogen and oxygen atoms in total. The Morgan fingerprint density at radius 1 is 0.968 bits per heavy atom. The number of nitrogens with one attached hydrogen (secondary N) is 1. The topological polar surface area (TPSA) is 119 Å². The Balaban J connectivity index is 3.70. The molecule has 0 aliphatic carbocycles. The van der Waals surface area contributed by atoms with Crippen LogP contribution in [-0.2, 0) is 23.9 Å². The number of carbonyl (C=O) groups excluding carboxylic acids is 5. The first kappa shape index (κ1) is 28.3. The Morgan fingerprint density at radius 3 is 1.94 bits per heavy atom. The van der Waals surface area contributed by atoms with Gasteiger partial charge in [0.05, 0.1) is 30.5 Å². The highest BCUT2D eigenvalue weighted by Crippen LogP contribution is 2.38. The molecule has 2 amide bonds. The van der Waals surface area contributed by atoms with E-state index in [2.05, 4.69) is 5.32 Å². The van der Waals surface area contributed by atoms with Gasteiger partial charge in [0.15, 0.2) is 6.10 Å². The Labute approximate surface area is 224 Å². The van der Waals surface area contributed by atoms with E-state index >= 15 is 0 Å². The number of benzene rings is 1. The highest BCUT2D eigenvalue weighted by atomic mass is 127. The monoisotopic (exact) mass is 790 g/mol. The molecular weight excluding hydrogens is 772 g/mol. The number of rotatable bonds is 8. The third-order valence-electron chi connectivity index (χ3n) is 3.79. The number of nitrogens with zero attached hydrogens (tertiary/aromatic N) is 1. The second kappa shape index (κ2) is 12.5. The Kier molecular flexibility index (Phi) is 11.4. The van der Waals surface area contributed by atoms with Gasteiger partial charge in [-0.15, -0.1) is 0 Å². The maximum absolute atomic E-state index is 12.6. The summed E-state index contributed by atoms with van der Waals surface area (Å²) >= 11 is 11.4. The summed E-state index contributed by atoms with van der Waals surface area (Å²) in [5.74, 6) is -2.13. The minimum absolute atomic E-state index is 0.0761. The fraction of sp³-hybridized carbons (Fsp3) is 0.389. The second-order valence-electron chi connectivity index (χ2n) is 6.06. The molecule has 0 fully saturated rings. The van der Waals surface area contributed by atoms with Crippen LogP contribution in [0.15, 0.2) is 0 Å². The molecular formula is C18H18ClI3N2O7. The van der Waals surface area contributed by atoms with Crippen molar-refractivity contribution in [3.05, 3.63) is 21.8 Å². The Morgan fingerprint density at radius 2 is 1.52 bits per heavy atom. The molecule has 13 heteroatoms. The number of halogens is 4. The highest BCUT2D eigenvalue weighted by molar-refractivity contribution is 14.1. The van der Waals surface area contributed by atoms with Gasteiger partial charge in [-0.2, -0.15) is 0 Å². The van der Waals surface area contributed by atoms with Crippen molar-refractivity contribution in [2.45, 2.75) is 26.9 Å². The lowest BCUT2D eigenvalue weighted by Gasteiger charge is -2.29. The predicted octanol–water partition coefficient (Wildman–Crippen LogP) is 3.09. The fourth-order valence-electron chi connectivity index (χ4n) is 2.53. The summed E-state index contributed by atoms with van der Waals surface area (Å²) in [6.07, 6.45) is -0.977. The molecule has 0 radical (unpaired) electrons. The van der Waals surface area contributed by atoms with Crippen LogP contribution in [0, 0.1) is 10.7 Å². The average molecular weight is 791 g/mol. The van der Waals surface area contributed by atoms with Crippen molar-refractivity contribution in [3.8, 4) is 0 Å². The zero-order chi connectivity index (χ0) is 24.0. The van der Waals surface area contributed by atoms with Gasteiger partial charge >= 0.3 is 11.9 Å². The SMILES string of the molecule is CNC(=O)c1c(I)c(C(=O)Cl)c(I)c(N(CC(COC(C)=O)OC(C)=O)C(C)=O)c1I. The van der Waals surface area contributed by atoms with E-state index in [1.807, 2.05) is 67.8 Å². The van der Waals surface area contributed by atoms with Crippen molar-refractivity contribution in [1.82, 2.24) is 5.32 Å². The van der Waals surface area contributed by atoms with Crippen molar-refractivity contribution < 1.29 is 33.4 Å². The minimum Gasteiger partial charge on any atom is -0.462 e. The summed E-state index contributed by atoms with van der Waals surface area (Å²) in [4.78, 5) is 61.2. The van der Waals surface area contributed by atoms with E-state index in [0.717, 1.165) is 0 Å². The third kappa shape index (κ3) is 7.38. The van der Waals surface area contributed by atoms with Crippen LogP contribution in [-0.4, -0.2) is 55.3 Å². The number of hydrogen-bond donors (Lipinski definition) is 1. The summed E-state index contributed by atoms with van der Waals surface area (Å²) in [5.41, 5.74) is 0.516. The van der Waals surface area contributed by atoms with Crippen molar-refractivity contribution in [2.75, 3.05) is 25.1 Å². The van der Waals surface area contributed by atoms with Crippen molar-refractivity contribution in [1.29, 1.82) is 0 Å². The molecule has 0 aliphatic heterocycles. The number of hydrogen-bond acceptors (Lipinski definition) is 7. The lowest BCUT2D eigenvalue weighted by atomic mass is 10.1. The Hall–Kier alpha value is -0.750. The largest absolute Gasteiger partial charge is 0.462 e. The zero-order valence-electron chi connectivity index (χ0n) is 16.8. The molecule has 31 heavy (non-hydrogen) atoms. The van der Waals surface area contributed by atoms with Crippen LogP contribution in [0.3, 0.4) is 0 Å². The molecule has 0 aliphatic rings. The fourth-order valence-corrected chi connectivity index (χ4v) is 7.77. The summed E-state index contributed by atoms with van der Waals surface area (Å²) in [5, 5.41) is 1.71. The molecule has 0 heterocycles. The molecule has 170 valence electrons. The molecule has 1 unspecified atom stereocenters. The lowest BCUT2D eigenvalue weighted by Crippen LogP contribution is -2.42. The van der Waals surface area contributed by atoms with Crippen molar-refractivity contribution in [2.24, 2.45) is 0 Å². The smallest absolute Gasteiger partial charge is 0.303 e. The van der Waals surface area contributed by atoms with Crippen molar-refractivity contribution in [3.63, 3.8) is 0 Å². The quantitative estimate of drug-likeness (QED) is 0.245. The third-order valence-corrected chi connectivity index (χ3v) is 7.15. The molecule has 1 aromatic rings. The molecule has 1 atom stereocenters. The maximum atomic E-state index is 12.6. The number of carbonyl (C=O) groups is 5. The highest BCUT2D eigenvalue weighted by Gasteiger charge is 2.32.